The summed E-state index contributed by atoms with van der Waals surface area (Å²) in [6.07, 6.45) is 0.204. The van der Waals surface area contributed by atoms with E-state index in [0.717, 1.165) is 46.8 Å². The van der Waals surface area contributed by atoms with Gasteiger partial charge in [0.2, 0.25) is 6.79 Å². The molecule has 2 aliphatic rings. The largest absolute Gasteiger partial charge is 0.428 e. The highest BCUT2D eigenvalue weighted by molar-refractivity contribution is 7.09. The van der Waals surface area contributed by atoms with Crippen LogP contribution in [0.25, 0.3) is 5.82 Å². The molecular formula is C28H39N5O4S. The predicted octanol–water partition coefficient (Wildman–Crippen LogP) is 3.32. The highest BCUT2D eigenvalue weighted by Crippen LogP contribution is 2.34. The minimum atomic E-state index is -0.617. The molecule has 0 bridgehead atoms. The maximum Gasteiger partial charge on any atom is 0.423 e. The molecule has 1 fully saturated rings. The Bertz CT molecular complexity index is 1310. The number of benzene rings is 1. The fourth-order valence-corrected chi connectivity index (χ4v) is 6.19. The zero-order chi connectivity index (χ0) is 27.7. The van der Waals surface area contributed by atoms with Crippen LogP contribution in [0, 0.1) is 12.3 Å². The summed E-state index contributed by atoms with van der Waals surface area (Å²) < 4.78 is 11.8. The fraction of sp³-hybridized carbons (Fsp3) is 0.536. The first-order valence-electron chi connectivity index (χ1n) is 13.0. The third kappa shape index (κ3) is 6.73. The van der Waals surface area contributed by atoms with Gasteiger partial charge >= 0.3 is 12.1 Å². The number of aryl methyl sites for hydroxylation is 1. The van der Waals surface area contributed by atoms with E-state index in [4.69, 9.17) is 20.2 Å². The topological polar surface area (TPSA) is 101 Å². The van der Waals surface area contributed by atoms with Crippen molar-refractivity contribution < 1.29 is 19.1 Å². The Labute approximate surface area is 228 Å². The number of ether oxygens (including phenoxy) is 2. The quantitative estimate of drug-likeness (QED) is 0.424. The highest BCUT2D eigenvalue weighted by atomic mass is 32.1. The van der Waals surface area contributed by atoms with Gasteiger partial charge in [-0.05, 0) is 57.9 Å². The summed E-state index contributed by atoms with van der Waals surface area (Å²) in [4.78, 5) is 38.3. The Hall–Kier alpha value is -2.95. The number of nitrogens with two attached hydrogens (primary N) is 1. The van der Waals surface area contributed by atoms with Gasteiger partial charge in [-0.15, -0.1) is 11.3 Å². The molecule has 0 aliphatic carbocycles. The van der Waals surface area contributed by atoms with Crippen molar-refractivity contribution >= 4 is 40.6 Å². The number of nitrogens with zero attached hydrogens (tertiary/aromatic N) is 4. The maximum absolute atomic E-state index is 13.7. The Morgan fingerprint density at radius 2 is 1.76 bits per heavy atom. The average molecular weight is 542 g/mol. The van der Waals surface area contributed by atoms with Crippen LogP contribution >= 0.6 is 11.3 Å². The predicted molar refractivity (Wildman–Crippen MR) is 150 cm³/mol. The minimum absolute atomic E-state index is 0.173. The Kier molecular flexibility index (Phi) is 8.15. The first-order valence-corrected chi connectivity index (χ1v) is 13.8. The van der Waals surface area contributed by atoms with Crippen LogP contribution in [-0.4, -0.2) is 67.4 Å². The van der Waals surface area contributed by atoms with Crippen LogP contribution in [0.15, 0.2) is 35.3 Å². The molecular weight excluding hydrogens is 502 g/mol. The Morgan fingerprint density at radius 3 is 2.45 bits per heavy atom. The lowest BCUT2D eigenvalue weighted by atomic mass is 9.78. The van der Waals surface area contributed by atoms with E-state index >= 15 is 0 Å². The number of para-hydroxylation sites is 2. The third-order valence-electron chi connectivity index (χ3n) is 6.58. The molecule has 4 rings (SSSR count). The van der Waals surface area contributed by atoms with Gasteiger partial charge in [0.15, 0.2) is 0 Å². The number of carbonyl (C=O) groups is 2. The van der Waals surface area contributed by atoms with Crippen molar-refractivity contribution in [3.63, 3.8) is 0 Å². The number of esters is 1. The van der Waals surface area contributed by atoms with Crippen molar-refractivity contribution in [2.75, 3.05) is 44.9 Å². The minimum Gasteiger partial charge on any atom is -0.428 e. The molecule has 0 radical (unpaired) electrons. The number of piperazine rings is 1. The van der Waals surface area contributed by atoms with Gasteiger partial charge in [-0.1, -0.05) is 26.0 Å². The van der Waals surface area contributed by atoms with Crippen LogP contribution in [0.5, 0.6) is 0 Å². The number of hydrogen-bond donors (Lipinski definition) is 1. The number of thiophene rings is 1. The van der Waals surface area contributed by atoms with Crippen molar-refractivity contribution in [2.45, 2.75) is 53.0 Å². The highest BCUT2D eigenvalue weighted by Gasteiger charge is 2.33. The number of amides is 1. The van der Waals surface area contributed by atoms with Gasteiger partial charge in [-0.2, -0.15) is 0 Å². The molecule has 1 aromatic carbocycles. The van der Waals surface area contributed by atoms with Gasteiger partial charge in [0, 0.05) is 36.6 Å². The molecule has 9 nitrogen and oxygen atoms in total. The van der Waals surface area contributed by atoms with Crippen LogP contribution in [0.2, 0.25) is 0 Å². The van der Waals surface area contributed by atoms with Gasteiger partial charge in [0.05, 0.1) is 23.0 Å². The monoisotopic (exact) mass is 541 g/mol. The number of rotatable bonds is 7. The molecule has 38 heavy (non-hydrogen) atoms. The van der Waals surface area contributed by atoms with Crippen LogP contribution in [0.4, 0.5) is 16.2 Å². The van der Waals surface area contributed by atoms with Crippen molar-refractivity contribution in [3.8, 4) is 0 Å². The van der Waals surface area contributed by atoms with Crippen LogP contribution in [0.3, 0.4) is 0 Å². The van der Waals surface area contributed by atoms with Crippen molar-refractivity contribution in [1.29, 1.82) is 0 Å². The summed E-state index contributed by atoms with van der Waals surface area (Å²) in [5.41, 5.74) is 6.70. The first kappa shape index (κ1) is 28.1. The number of fused-ring (bicyclic) bond motifs is 2. The van der Waals surface area contributed by atoms with E-state index in [1.165, 1.54) is 0 Å². The average Bonchev–Trinajstić information content (AvgIpc) is 3.09. The zero-order valence-corrected chi connectivity index (χ0v) is 24.1. The lowest BCUT2D eigenvalue weighted by Crippen LogP contribution is -2.51. The summed E-state index contributed by atoms with van der Waals surface area (Å²) in [6.45, 7) is 12.6. The van der Waals surface area contributed by atoms with Crippen molar-refractivity contribution in [2.24, 2.45) is 16.1 Å². The van der Waals surface area contributed by atoms with E-state index in [2.05, 4.69) is 22.9 Å². The zero-order valence-electron chi connectivity index (χ0n) is 23.2. The molecule has 1 amide bonds. The molecule has 3 heterocycles. The molecule has 2 aliphatic heterocycles. The Morgan fingerprint density at radius 1 is 1.08 bits per heavy atom. The summed E-state index contributed by atoms with van der Waals surface area (Å²) in [6, 6.07) is 9.61. The van der Waals surface area contributed by atoms with Crippen molar-refractivity contribution in [3.05, 3.63) is 45.1 Å². The second kappa shape index (κ2) is 11.0. The summed E-state index contributed by atoms with van der Waals surface area (Å²) in [5.74, 6) is 0.311. The summed E-state index contributed by atoms with van der Waals surface area (Å²) >= 11 is 1.60. The second-order valence-corrected chi connectivity index (χ2v) is 12.9. The molecule has 1 saturated heterocycles. The number of carbonyl (C=O) groups excluding carboxylic acids is 2. The van der Waals surface area contributed by atoms with Crippen LogP contribution in [0.1, 0.15) is 45.4 Å². The van der Waals surface area contributed by atoms with Gasteiger partial charge < -0.3 is 25.0 Å². The lowest BCUT2D eigenvalue weighted by molar-refractivity contribution is -0.154. The fourth-order valence-electron chi connectivity index (χ4n) is 5.30. The van der Waals surface area contributed by atoms with E-state index < -0.39 is 24.4 Å². The van der Waals surface area contributed by atoms with Crippen LogP contribution < -0.4 is 20.5 Å². The number of likely N-dealkylation sites (N-methyl/N-ethyl adjacent to an activating group) is 1. The number of anilines is 1. The van der Waals surface area contributed by atoms with Gasteiger partial charge in [0.25, 0.3) is 0 Å². The van der Waals surface area contributed by atoms with E-state index in [0.29, 0.717) is 17.8 Å². The molecule has 206 valence electrons. The van der Waals surface area contributed by atoms with Crippen molar-refractivity contribution in [1.82, 2.24) is 9.80 Å². The SMILES string of the molecule is Cc1cc2c(s1)=Nc1ccccc1N(C(=O)OCOC(=O)CC(C)(C)CC(C)(C)N)C=2N1CCN(C)CC1. The normalized spacial score (nSPS) is 16.3. The molecule has 0 spiro atoms. The first-order chi connectivity index (χ1) is 17.8. The summed E-state index contributed by atoms with van der Waals surface area (Å²) in [7, 11) is 2.09. The standard InChI is InChI=1S/C28H39N5O4S/c1-19-15-20-24(38-19)30-21-9-7-8-10-22(21)33(25(20)32-13-11-31(6)12-14-32)26(35)37-18-36-23(34)16-27(2,3)17-28(4,5)29/h7-10,15H,11-14,16-18,29H2,1-6H3. The molecule has 0 saturated carbocycles. The molecule has 2 aromatic rings. The molecule has 2 N–H and O–H groups in total. The molecule has 0 atom stereocenters. The van der Waals surface area contributed by atoms with Gasteiger partial charge in [0.1, 0.15) is 10.5 Å². The lowest BCUT2D eigenvalue weighted by Gasteiger charge is -2.38. The van der Waals surface area contributed by atoms with E-state index in [9.17, 15) is 9.59 Å². The molecule has 0 unspecified atom stereocenters. The van der Waals surface area contributed by atoms with Gasteiger partial charge in [-0.3, -0.25) is 4.79 Å². The van der Waals surface area contributed by atoms with E-state index in [1.54, 1.807) is 16.2 Å². The van der Waals surface area contributed by atoms with E-state index in [1.807, 2.05) is 58.9 Å². The van der Waals surface area contributed by atoms with Gasteiger partial charge in [-0.25, -0.2) is 14.7 Å². The second-order valence-electron chi connectivity index (χ2n) is 11.7. The third-order valence-corrected chi connectivity index (χ3v) is 7.52. The van der Waals surface area contributed by atoms with Crippen LogP contribution in [-0.2, 0) is 14.3 Å². The molecule has 1 aromatic heterocycles. The Balaban J connectivity index is 1.59. The smallest absolute Gasteiger partial charge is 0.423 e. The maximum atomic E-state index is 13.7. The number of hydrogen-bond acceptors (Lipinski definition) is 9. The molecule has 10 heteroatoms. The van der Waals surface area contributed by atoms with E-state index in [-0.39, 0.29) is 11.8 Å². The summed E-state index contributed by atoms with van der Waals surface area (Å²) in [5, 5.41) is 0.897.